The molecule has 7 heteroatoms. The van der Waals surface area contributed by atoms with E-state index in [1.165, 1.54) is 0 Å². The number of carbonyl (C=O) groups excluding carboxylic acids is 2. The number of nitrogens with one attached hydrogen (secondary N) is 1. The smallest absolute Gasteiger partial charge is 0.325 e. The highest BCUT2D eigenvalue weighted by atomic mass is 16.5. The van der Waals surface area contributed by atoms with Gasteiger partial charge in [-0.2, -0.15) is 0 Å². The van der Waals surface area contributed by atoms with Crippen LogP contribution < -0.4 is 5.32 Å². The van der Waals surface area contributed by atoms with Crippen molar-refractivity contribution >= 4 is 12.0 Å². The number of rotatable bonds is 6. The summed E-state index contributed by atoms with van der Waals surface area (Å²) < 4.78 is 6.84. The molecule has 2 rings (SSSR count). The second-order valence-electron chi connectivity index (χ2n) is 5.80. The van der Waals surface area contributed by atoms with Gasteiger partial charge in [0.15, 0.2) is 0 Å². The lowest BCUT2D eigenvalue weighted by molar-refractivity contribution is -0.141. The van der Waals surface area contributed by atoms with E-state index in [0.717, 1.165) is 44.5 Å². The first-order chi connectivity index (χ1) is 11.1. The molecule has 23 heavy (non-hydrogen) atoms. The first-order valence-electron chi connectivity index (χ1n) is 8.28. The zero-order chi connectivity index (χ0) is 16.7. The number of amides is 2. The average molecular weight is 322 g/mol. The number of imidazole rings is 1. The van der Waals surface area contributed by atoms with Gasteiger partial charge in [0.2, 0.25) is 0 Å². The zero-order valence-electron chi connectivity index (χ0n) is 14.0. The van der Waals surface area contributed by atoms with Crippen LogP contribution in [0.15, 0.2) is 12.4 Å². The summed E-state index contributed by atoms with van der Waals surface area (Å²) >= 11 is 0. The number of nitrogens with zero attached hydrogens (tertiary/aromatic N) is 3. The van der Waals surface area contributed by atoms with Gasteiger partial charge < -0.3 is 19.5 Å². The molecule has 1 aromatic heterocycles. The normalized spacial score (nSPS) is 17.8. The van der Waals surface area contributed by atoms with Crippen molar-refractivity contribution in [1.29, 1.82) is 0 Å². The van der Waals surface area contributed by atoms with Crippen LogP contribution in [0.1, 0.15) is 38.4 Å². The van der Waals surface area contributed by atoms with Crippen molar-refractivity contribution in [2.24, 2.45) is 7.05 Å². The quantitative estimate of drug-likeness (QED) is 0.805. The zero-order valence-corrected chi connectivity index (χ0v) is 14.0. The number of urea groups is 1. The molecule has 1 N–H and O–H groups in total. The van der Waals surface area contributed by atoms with Gasteiger partial charge in [-0.25, -0.2) is 9.78 Å². The average Bonchev–Trinajstić information content (AvgIpc) is 2.96. The highest BCUT2D eigenvalue weighted by Crippen LogP contribution is 2.21. The maximum atomic E-state index is 12.3. The van der Waals surface area contributed by atoms with Crippen LogP contribution in [0.25, 0.3) is 0 Å². The van der Waals surface area contributed by atoms with Crippen LogP contribution in [0.2, 0.25) is 0 Å². The fourth-order valence-corrected chi connectivity index (χ4v) is 2.96. The van der Waals surface area contributed by atoms with E-state index < -0.39 is 5.97 Å². The third-order valence-electron chi connectivity index (χ3n) is 4.20. The molecule has 0 bridgehead atoms. The van der Waals surface area contributed by atoms with Gasteiger partial charge >= 0.3 is 12.0 Å². The van der Waals surface area contributed by atoms with E-state index in [2.05, 4.69) is 10.3 Å². The summed E-state index contributed by atoms with van der Waals surface area (Å²) in [5.41, 5.74) is 0. The Hall–Kier alpha value is -2.05. The highest BCUT2D eigenvalue weighted by Gasteiger charge is 2.27. The number of esters is 1. The van der Waals surface area contributed by atoms with E-state index in [9.17, 15) is 9.59 Å². The Balaban J connectivity index is 1.86. The third kappa shape index (κ3) is 4.97. The SMILES string of the molecule is CCOC(=O)CNC(=O)N1CCCC[C@@H]1CCc1nccn1C. The van der Waals surface area contributed by atoms with E-state index in [0.29, 0.717) is 6.61 Å². The molecular weight excluding hydrogens is 296 g/mol. The van der Waals surface area contributed by atoms with Gasteiger partial charge in [-0.1, -0.05) is 0 Å². The molecule has 1 saturated heterocycles. The van der Waals surface area contributed by atoms with Gasteiger partial charge in [0.1, 0.15) is 12.4 Å². The molecule has 7 nitrogen and oxygen atoms in total. The van der Waals surface area contributed by atoms with Gasteiger partial charge in [0.25, 0.3) is 0 Å². The Morgan fingerprint density at radius 2 is 2.26 bits per heavy atom. The molecule has 128 valence electrons. The summed E-state index contributed by atoms with van der Waals surface area (Å²) in [5.74, 6) is 0.630. The molecule has 0 saturated carbocycles. The molecule has 1 aliphatic rings. The van der Waals surface area contributed by atoms with Crippen LogP contribution >= 0.6 is 0 Å². The summed E-state index contributed by atoms with van der Waals surface area (Å²) in [6, 6.07) is 0.0187. The fourth-order valence-electron chi connectivity index (χ4n) is 2.96. The molecule has 0 radical (unpaired) electrons. The number of aromatic nitrogens is 2. The van der Waals surface area contributed by atoms with Crippen molar-refractivity contribution in [3.63, 3.8) is 0 Å². The molecule has 0 aliphatic carbocycles. The first kappa shape index (κ1) is 17.3. The van der Waals surface area contributed by atoms with Crippen molar-refractivity contribution in [2.75, 3.05) is 19.7 Å². The van der Waals surface area contributed by atoms with Crippen molar-refractivity contribution in [2.45, 2.75) is 45.1 Å². The van der Waals surface area contributed by atoms with Crippen molar-refractivity contribution in [3.05, 3.63) is 18.2 Å². The number of piperidine rings is 1. The van der Waals surface area contributed by atoms with Crippen LogP contribution in [0, 0.1) is 0 Å². The summed E-state index contributed by atoms with van der Waals surface area (Å²) in [6.45, 7) is 2.73. The molecule has 1 fully saturated rings. The lowest BCUT2D eigenvalue weighted by Gasteiger charge is -2.35. The molecule has 1 aromatic rings. The van der Waals surface area contributed by atoms with Crippen LogP contribution in [0.5, 0.6) is 0 Å². The van der Waals surface area contributed by atoms with Gasteiger partial charge in [-0.05, 0) is 32.6 Å². The second-order valence-corrected chi connectivity index (χ2v) is 5.80. The first-order valence-corrected chi connectivity index (χ1v) is 8.28. The number of hydrogen-bond donors (Lipinski definition) is 1. The minimum absolute atomic E-state index is 0.0741. The minimum Gasteiger partial charge on any atom is -0.465 e. The van der Waals surface area contributed by atoms with Gasteiger partial charge in [0, 0.05) is 38.4 Å². The molecule has 0 aromatic carbocycles. The van der Waals surface area contributed by atoms with Crippen LogP contribution in [-0.2, 0) is 23.0 Å². The number of hydrogen-bond acceptors (Lipinski definition) is 4. The number of ether oxygens (including phenoxy) is 1. The number of carbonyl (C=O) groups is 2. The highest BCUT2D eigenvalue weighted by molar-refractivity contribution is 5.81. The Bertz CT molecular complexity index is 529. The molecule has 2 heterocycles. The monoisotopic (exact) mass is 322 g/mol. The molecule has 0 spiro atoms. The van der Waals surface area contributed by atoms with Gasteiger partial charge in [-0.3, -0.25) is 4.79 Å². The van der Waals surface area contributed by atoms with Crippen LogP contribution in [0.4, 0.5) is 4.79 Å². The number of aryl methyl sites for hydroxylation is 2. The summed E-state index contributed by atoms with van der Waals surface area (Å²) in [5, 5.41) is 2.66. The largest absolute Gasteiger partial charge is 0.465 e. The molecule has 1 aliphatic heterocycles. The lowest BCUT2D eigenvalue weighted by Crippen LogP contribution is -2.50. The van der Waals surface area contributed by atoms with E-state index in [4.69, 9.17) is 4.74 Å². The van der Waals surface area contributed by atoms with Crippen molar-refractivity contribution < 1.29 is 14.3 Å². The predicted octanol–water partition coefficient (Wildman–Crippen LogP) is 1.48. The standard InChI is InChI=1S/C16H26N4O3/c1-3-23-15(21)12-18-16(22)20-10-5-4-6-13(20)7-8-14-17-9-11-19(14)2/h9,11,13H,3-8,10,12H2,1-2H3,(H,18,22)/t13-/m1/s1. The van der Waals surface area contributed by atoms with Gasteiger partial charge in [0.05, 0.1) is 6.61 Å². The maximum Gasteiger partial charge on any atom is 0.325 e. The van der Waals surface area contributed by atoms with Crippen LogP contribution in [-0.4, -0.2) is 52.2 Å². The summed E-state index contributed by atoms with van der Waals surface area (Å²) in [6.07, 6.45) is 8.59. The minimum atomic E-state index is -0.401. The Morgan fingerprint density at radius 1 is 1.43 bits per heavy atom. The molecular formula is C16H26N4O3. The lowest BCUT2D eigenvalue weighted by atomic mass is 9.98. The molecule has 2 amide bonds. The van der Waals surface area contributed by atoms with E-state index in [1.54, 1.807) is 13.1 Å². The van der Waals surface area contributed by atoms with Crippen molar-refractivity contribution in [1.82, 2.24) is 19.8 Å². The maximum absolute atomic E-state index is 12.3. The summed E-state index contributed by atoms with van der Waals surface area (Å²) in [4.78, 5) is 29.9. The number of likely N-dealkylation sites (tertiary alicyclic amines) is 1. The summed E-state index contributed by atoms with van der Waals surface area (Å²) in [7, 11) is 1.98. The Labute approximate surface area is 137 Å². The van der Waals surface area contributed by atoms with E-state index >= 15 is 0 Å². The van der Waals surface area contributed by atoms with Gasteiger partial charge in [-0.15, -0.1) is 0 Å². The topological polar surface area (TPSA) is 76.5 Å². The van der Waals surface area contributed by atoms with E-state index in [-0.39, 0.29) is 18.6 Å². The van der Waals surface area contributed by atoms with E-state index in [1.807, 2.05) is 22.7 Å². The molecule has 1 atom stereocenters. The van der Waals surface area contributed by atoms with Crippen LogP contribution in [0.3, 0.4) is 0 Å². The Kier molecular flexibility index (Phi) is 6.43. The molecule has 0 unspecified atom stereocenters. The predicted molar refractivity (Wildman–Crippen MR) is 85.9 cm³/mol. The van der Waals surface area contributed by atoms with Crippen molar-refractivity contribution in [3.8, 4) is 0 Å². The Morgan fingerprint density at radius 3 is 2.96 bits per heavy atom. The second kappa shape index (κ2) is 8.55. The fraction of sp³-hybridized carbons (Fsp3) is 0.688. The third-order valence-corrected chi connectivity index (χ3v) is 4.20.